The van der Waals surface area contributed by atoms with Crippen LogP contribution in [0.15, 0.2) is 18.3 Å². The van der Waals surface area contributed by atoms with E-state index in [2.05, 4.69) is 17.6 Å². The molecule has 0 saturated heterocycles. The van der Waals surface area contributed by atoms with E-state index < -0.39 is 0 Å². The van der Waals surface area contributed by atoms with Gasteiger partial charge < -0.3 is 0 Å². The lowest BCUT2D eigenvalue weighted by molar-refractivity contribution is 1.29. The summed E-state index contributed by atoms with van der Waals surface area (Å²) in [4.78, 5) is 3.87. The minimum atomic E-state index is 0.241. The Morgan fingerprint density at radius 3 is 3.08 bits per heavy atom. The zero-order chi connectivity index (χ0) is 9.68. The van der Waals surface area contributed by atoms with Gasteiger partial charge in [-0.15, -0.1) is 0 Å². The van der Waals surface area contributed by atoms with Crippen molar-refractivity contribution in [2.75, 3.05) is 5.75 Å². The number of nitrogens with zero attached hydrogens (tertiary/aromatic N) is 2. The molecule has 0 aliphatic rings. The van der Waals surface area contributed by atoms with Crippen LogP contribution in [0.1, 0.15) is 11.1 Å². The van der Waals surface area contributed by atoms with Gasteiger partial charge in [0.15, 0.2) is 0 Å². The van der Waals surface area contributed by atoms with Gasteiger partial charge in [-0.3, -0.25) is 0 Å². The highest BCUT2D eigenvalue weighted by Crippen LogP contribution is 2.13. The van der Waals surface area contributed by atoms with E-state index in [1.807, 2.05) is 18.2 Å². The first-order valence-electron chi connectivity index (χ1n) is 3.61. The van der Waals surface area contributed by atoms with Crippen molar-refractivity contribution in [1.82, 2.24) is 4.98 Å². The molecule has 0 N–H and O–H groups in total. The molecule has 0 aliphatic carbocycles. The highest BCUT2D eigenvalue weighted by Gasteiger charge is 1.99. The fourth-order valence-electron chi connectivity index (χ4n) is 0.823. The summed E-state index contributed by atoms with van der Waals surface area (Å²) in [5, 5.41) is 8.90. The van der Waals surface area contributed by atoms with Crippen LogP contribution in [0.25, 0.3) is 6.08 Å². The Kier molecular flexibility index (Phi) is 3.81. The molecular weight excluding hydrogens is 204 g/mol. The lowest BCUT2D eigenvalue weighted by atomic mass is 10.2. The van der Waals surface area contributed by atoms with Gasteiger partial charge in [-0.2, -0.15) is 17.9 Å². The molecule has 1 rings (SSSR count). The monoisotopic (exact) mass is 210 g/mol. The molecule has 1 aromatic rings. The molecule has 0 spiro atoms. The van der Waals surface area contributed by atoms with Crippen molar-refractivity contribution in [3.8, 4) is 6.07 Å². The number of nitriles is 1. The summed E-state index contributed by atoms with van der Waals surface area (Å²) in [7, 11) is 0. The summed E-state index contributed by atoms with van der Waals surface area (Å²) < 4.78 is 0. The molecule has 0 unspecified atom stereocenters. The third-order valence-corrected chi connectivity index (χ3v) is 1.91. The van der Waals surface area contributed by atoms with E-state index in [4.69, 9.17) is 16.9 Å². The van der Waals surface area contributed by atoms with Crippen molar-refractivity contribution in [2.45, 2.75) is 0 Å². The third-order valence-electron chi connectivity index (χ3n) is 1.40. The highest BCUT2D eigenvalue weighted by molar-refractivity contribution is 7.80. The Labute approximate surface area is 87.3 Å². The average Bonchev–Trinajstić information content (AvgIpc) is 2.16. The first kappa shape index (κ1) is 10.1. The number of pyridine rings is 1. The quantitative estimate of drug-likeness (QED) is 0.602. The van der Waals surface area contributed by atoms with Crippen LogP contribution in [0.4, 0.5) is 0 Å². The molecular formula is C9H7ClN2S. The van der Waals surface area contributed by atoms with Gasteiger partial charge >= 0.3 is 0 Å². The maximum atomic E-state index is 8.65. The van der Waals surface area contributed by atoms with Crippen LogP contribution < -0.4 is 0 Å². The minimum Gasteiger partial charge on any atom is -0.243 e. The van der Waals surface area contributed by atoms with Crippen molar-refractivity contribution in [2.24, 2.45) is 0 Å². The zero-order valence-corrected chi connectivity index (χ0v) is 8.39. The highest BCUT2D eigenvalue weighted by atomic mass is 35.5. The first-order valence-corrected chi connectivity index (χ1v) is 4.62. The predicted molar refractivity (Wildman–Crippen MR) is 56.8 cm³/mol. The van der Waals surface area contributed by atoms with Gasteiger partial charge in [-0.1, -0.05) is 23.8 Å². The molecule has 66 valence electrons. The van der Waals surface area contributed by atoms with Crippen LogP contribution in [-0.4, -0.2) is 10.7 Å². The van der Waals surface area contributed by atoms with E-state index >= 15 is 0 Å². The molecule has 0 radical (unpaired) electrons. The summed E-state index contributed by atoms with van der Waals surface area (Å²) in [5.41, 5.74) is 1.25. The van der Waals surface area contributed by atoms with E-state index in [0.29, 0.717) is 11.3 Å². The van der Waals surface area contributed by atoms with Crippen molar-refractivity contribution in [3.63, 3.8) is 0 Å². The number of hydrogen-bond acceptors (Lipinski definition) is 3. The lowest BCUT2D eigenvalue weighted by Crippen LogP contribution is -1.84. The maximum Gasteiger partial charge on any atom is 0.146 e. The van der Waals surface area contributed by atoms with Gasteiger partial charge in [0.2, 0.25) is 0 Å². The van der Waals surface area contributed by atoms with Crippen molar-refractivity contribution in [1.29, 1.82) is 5.26 Å². The second kappa shape index (κ2) is 4.90. The summed E-state index contributed by atoms with van der Waals surface area (Å²) in [6, 6.07) is 3.65. The smallest absolute Gasteiger partial charge is 0.146 e. The fourth-order valence-corrected chi connectivity index (χ4v) is 1.07. The van der Waals surface area contributed by atoms with Crippen LogP contribution in [0.2, 0.25) is 5.15 Å². The molecule has 0 aromatic carbocycles. The van der Waals surface area contributed by atoms with Crippen molar-refractivity contribution >= 4 is 30.3 Å². The van der Waals surface area contributed by atoms with Crippen LogP contribution in [0.5, 0.6) is 0 Å². The lowest BCUT2D eigenvalue weighted by Gasteiger charge is -1.95. The molecule has 1 aromatic heterocycles. The van der Waals surface area contributed by atoms with Crippen LogP contribution >= 0.6 is 24.2 Å². The molecule has 1 heterocycles. The summed E-state index contributed by atoms with van der Waals surface area (Å²) in [6.07, 6.45) is 5.33. The van der Waals surface area contributed by atoms with Gasteiger partial charge in [0.1, 0.15) is 11.2 Å². The minimum absolute atomic E-state index is 0.241. The molecule has 2 nitrogen and oxygen atoms in total. The first-order chi connectivity index (χ1) is 6.27. The molecule has 0 amide bonds. The van der Waals surface area contributed by atoms with Gasteiger partial charge in [-0.25, -0.2) is 4.98 Å². The number of thiol groups is 1. The Balaban J connectivity index is 3.01. The molecule has 0 atom stereocenters. The van der Waals surface area contributed by atoms with E-state index in [1.54, 1.807) is 12.3 Å². The second-order valence-corrected chi connectivity index (χ2v) is 3.03. The van der Waals surface area contributed by atoms with E-state index in [9.17, 15) is 0 Å². The fraction of sp³-hybridized carbons (Fsp3) is 0.111. The normalized spacial score (nSPS) is 10.2. The van der Waals surface area contributed by atoms with E-state index in [1.165, 1.54) is 0 Å². The van der Waals surface area contributed by atoms with Crippen LogP contribution in [0, 0.1) is 11.3 Å². The standard InChI is InChI=1S/C9H7ClN2S/c10-9-8(5-11)4-7(6-12-9)2-1-3-13/h1-2,4,6,13H,3H2. The zero-order valence-electron chi connectivity index (χ0n) is 6.74. The number of hydrogen-bond donors (Lipinski definition) is 1. The van der Waals surface area contributed by atoms with Gasteiger partial charge in [0.25, 0.3) is 0 Å². The molecule has 4 heteroatoms. The largest absolute Gasteiger partial charge is 0.243 e. The Bertz CT molecular complexity index is 368. The molecule has 0 saturated carbocycles. The second-order valence-electron chi connectivity index (χ2n) is 2.30. The number of rotatable bonds is 2. The Hall–Kier alpha value is -0.980. The summed E-state index contributed by atoms with van der Waals surface area (Å²) >= 11 is 9.68. The van der Waals surface area contributed by atoms with Gasteiger partial charge in [0, 0.05) is 11.9 Å². The predicted octanol–water partition coefficient (Wildman–Crippen LogP) is 2.55. The SMILES string of the molecule is N#Cc1cc(C=CCS)cnc1Cl. The van der Waals surface area contributed by atoms with Gasteiger partial charge in [-0.05, 0) is 11.6 Å². The Morgan fingerprint density at radius 2 is 2.46 bits per heavy atom. The molecule has 0 bridgehead atoms. The maximum absolute atomic E-state index is 8.65. The molecule has 0 fully saturated rings. The number of aromatic nitrogens is 1. The Morgan fingerprint density at radius 1 is 1.69 bits per heavy atom. The van der Waals surface area contributed by atoms with E-state index in [-0.39, 0.29) is 5.15 Å². The summed E-state index contributed by atoms with van der Waals surface area (Å²) in [6.45, 7) is 0. The third kappa shape index (κ3) is 2.76. The molecule has 13 heavy (non-hydrogen) atoms. The molecule has 0 aliphatic heterocycles. The topological polar surface area (TPSA) is 36.7 Å². The van der Waals surface area contributed by atoms with Crippen molar-refractivity contribution < 1.29 is 0 Å². The van der Waals surface area contributed by atoms with E-state index in [0.717, 1.165) is 5.56 Å². The van der Waals surface area contributed by atoms with Gasteiger partial charge in [0.05, 0.1) is 5.56 Å². The number of halogens is 1. The summed E-state index contributed by atoms with van der Waals surface area (Å²) in [5.74, 6) is 0.657. The van der Waals surface area contributed by atoms with Crippen LogP contribution in [-0.2, 0) is 0 Å². The van der Waals surface area contributed by atoms with Crippen LogP contribution in [0.3, 0.4) is 0 Å². The average molecular weight is 211 g/mol. The van der Waals surface area contributed by atoms with Crippen molar-refractivity contribution in [3.05, 3.63) is 34.6 Å².